The van der Waals surface area contributed by atoms with Gasteiger partial charge in [-0.25, -0.2) is 9.59 Å². The van der Waals surface area contributed by atoms with Crippen LogP contribution >= 0.6 is 0 Å². The Morgan fingerprint density at radius 3 is 2.48 bits per heavy atom. The number of carbonyl (C=O) groups excluding carboxylic acids is 3. The van der Waals surface area contributed by atoms with Crippen LogP contribution in [0.4, 0.5) is 9.59 Å². The summed E-state index contributed by atoms with van der Waals surface area (Å²) >= 11 is 0. The van der Waals surface area contributed by atoms with E-state index in [1.54, 1.807) is 4.90 Å². The lowest BCUT2D eigenvalue weighted by Crippen LogP contribution is -2.50. The van der Waals surface area contributed by atoms with Gasteiger partial charge < -0.3 is 25.0 Å². The predicted molar refractivity (Wildman–Crippen MR) is 127 cm³/mol. The minimum atomic E-state index is -0.682. The Kier molecular flexibility index (Phi) is 10.0. The Hall–Kier alpha value is -2.77. The normalized spacial score (nSPS) is 17.3. The zero-order valence-corrected chi connectivity index (χ0v) is 20.6. The molecule has 1 unspecified atom stereocenters. The van der Waals surface area contributed by atoms with E-state index >= 15 is 0 Å². The van der Waals surface area contributed by atoms with Crippen molar-refractivity contribution in [3.63, 3.8) is 0 Å². The van der Waals surface area contributed by atoms with E-state index in [-0.39, 0.29) is 30.4 Å². The Balaban J connectivity index is 1.84. The van der Waals surface area contributed by atoms with Gasteiger partial charge in [-0.3, -0.25) is 4.79 Å². The van der Waals surface area contributed by atoms with Crippen LogP contribution in [0.1, 0.15) is 59.4 Å². The first-order chi connectivity index (χ1) is 15.5. The topological polar surface area (TPSA) is 97.0 Å². The summed E-state index contributed by atoms with van der Waals surface area (Å²) in [5, 5.41) is 5.66. The fourth-order valence-corrected chi connectivity index (χ4v) is 3.70. The molecule has 1 fully saturated rings. The minimum absolute atomic E-state index is 0.139. The first kappa shape index (κ1) is 26.5. The summed E-state index contributed by atoms with van der Waals surface area (Å²) < 4.78 is 10.7. The molecular formula is C25H39N3O5. The summed E-state index contributed by atoms with van der Waals surface area (Å²) in [5.74, 6) is 0.113. The van der Waals surface area contributed by atoms with Gasteiger partial charge in [0, 0.05) is 19.6 Å². The number of likely N-dealkylation sites (tertiary alicyclic amines) is 1. The number of nitrogens with one attached hydrogen (secondary N) is 2. The molecule has 2 atom stereocenters. The van der Waals surface area contributed by atoms with Crippen molar-refractivity contribution in [2.75, 3.05) is 19.6 Å². The van der Waals surface area contributed by atoms with Gasteiger partial charge in [0.1, 0.15) is 18.2 Å². The van der Waals surface area contributed by atoms with E-state index in [1.807, 2.05) is 65.0 Å². The molecule has 1 saturated heterocycles. The second kappa shape index (κ2) is 12.5. The Morgan fingerprint density at radius 2 is 1.85 bits per heavy atom. The molecule has 1 heterocycles. The van der Waals surface area contributed by atoms with Gasteiger partial charge in [-0.15, -0.1) is 0 Å². The standard InChI is InChI=1S/C25H39N3O5/c1-18(2)14-21(27-23(30)32-17-19-10-7-6-8-11-19)22(29)26-15-20-12-9-13-28(16-20)24(31)33-25(3,4)5/h6-8,10-11,18,20-21H,9,12-17H2,1-5H3,(H,26,29)(H,27,30)/t20?,21-/m0/s1. The van der Waals surface area contributed by atoms with Gasteiger partial charge in [-0.05, 0) is 57.4 Å². The van der Waals surface area contributed by atoms with Crippen molar-refractivity contribution in [1.82, 2.24) is 15.5 Å². The molecule has 184 valence electrons. The highest BCUT2D eigenvalue weighted by Gasteiger charge is 2.29. The molecule has 0 saturated carbocycles. The molecular weight excluding hydrogens is 422 g/mol. The fraction of sp³-hybridized carbons (Fsp3) is 0.640. The van der Waals surface area contributed by atoms with Gasteiger partial charge >= 0.3 is 12.2 Å². The minimum Gasteiger partial charge on any atom is -0.445 e. The highest BCUT2D eigenvalue weighted by Crippen LogP contribution is 2.19. The van der Waals surface area contributed by atoms with Gasteiger partial charge in [-0.2, -0.15) is 0 Å². The number of benzene rings is 1. The summed E-state index contributed by atoms with van der Waals surface area (Å²) in [6.07, 6.45) is 1.34. The van der Waals surface area contributed by atoms with Crippen molar-refractivity contribution in [3.05, 3.63) is 35.9 Å². The molecule has 8 heteroatoms. The third-order valence-corrected chi connectivity index (χ3v) is 5.26. The van der Waals surface area contributed by atoms with Crippen LogP contribution < -0.4 is 10.6 Å². The predicted octanol–water partition coefficient (Wildman–Crippen LogP) is 4.09. The number of ether oxygens (including phenoxy) is 2. The van der Waals surface area contributed by atoms with Crippen LogP contribution in [0.3, 0.4) is 0 Å². The lowest BCUT2D eigenvalue weighted by Gasteiger charge is -2.34. The summed E-state index contributed by atoms with van der Waals surface area (Å²) in [6.45, 7) is 11.3. The quantitative estimate of drug-likeness (QED) is 0.608. The molecule has 1 aliphatic rings. The van der Waals surface area contributed by atoms with E-state index in [0.717, 1.165) is 18.4 Å². The van der Waals surface area contributed by atoms with Crippen LogP contribution in [-0.4, -0.2) is 54.3 Å². The van der Waals surface area contributed by atoms with Gasteiger partial charge in [0.2, 0.25) is 5.91 Å². The van der Waals surface area contributed by atoms with Crippen molar-refractivity contribution in [1.29, 1.82) is 0 Å². The van der Waals surface area contributed by atoms with E-state index in [1.165, 1.54) is 0 Å². The molecule has 1 aromatic rings. The van der Waals surface area contributed by atoms with Crippen LogP contribution in [-0.2, 0) is 20.9 Å². The number of carbonyl (C=O) groups is 3. The van der Waals surface area contributed by atoms with Crippen LogP contribution in [0, 0.1) is 11.8 Å². The molecule has 8 nitrogen and oxygen atoms in total. The third-order valence-electron chi connectivity index (χ3n) is 5.26. The smallest absolute Gasteiger partial charge is 0.410 e. The van der Waals surface area contributed by atoms with Crippen molar-refractivity contribution in [3.8, 4) is 0 Å². The van der Waals surface area contributed by atoms with Gasteiger partial charge in [0.15, 0.2) is 0 Å². The summed E-state index contributed by atoms with van der Waals surface area (Å²) in [6, 6.07) is 8.71. The van der Waals surface area contributed by atoms with Gasteiger partial charge in [-0.1, -0.05) is 44.2 Å². The van der Waals surface area contributed by atoms with E-state index in [4.69, 9.17) is 9.47 Å². The number of hydrogen-bond acceptors (Lipinski definition) is 5. The number of hydrogen-bond donors (Lipinski definition) is 2. The number of alkyl carbamates (subject to hydrolysis) is 1. The Bertz CT molecular complexity index is 776. The number of rotatable bonds is 8. The van der Waals surface area contributed by atoms with Crippen molar-refractivity contribution < 1.29 is 23.9 Å². The van der Waals surface area contributed by atoms with Crippen LogP contribution in [0.15, 0.2) is 30.3 Å². The maximum absolute atomic E-state index is 12.8. The molecule has 2 N–H and O–H groups in total. The van der Waals surface area contributed by atoms with E-state index in [2.05, 4.69) is 10.6 Å². The maximum atomic E-state index is 12.8. The van der Waals surface area contributed by atoms with Crippen LogP contribution in [0.5, 0.6) is 0 Å². The number of piperidine rings is 1. The van der Waals surface area contributed by atoms with Crippen LogP contribution in [0.25, 0.3) is 0 Å². The summed E-state index contributed by atoms with van der Waals surface area (Å²) in [4.78, 5) is 39.2. The molecule has 0 spiro atoms. The molecule has 33 heavy (non-hydrogen) atoms. The second-order valence-corrected chi connectivity index (χ2v) is 10.1. The molecule has 1 aromatic carbocycles. The summed E-state index contributed by atoms with van der Waals surface area (Å²) in [5.41, 5.74) is 0.340. The molecule has 0 radical (unpaired) electrons. The SMILES string of the molecule is CC(C)C[C@H](NC(=O)OCc1ccccc1)C(=O)NCC1CCCN(C(=O)OC(C)(C)C)C1. The van der Waals surface area contributed by atoms with Gasteiger partial charge in [0.25, 0.3) is 0 Å². The largest absolute Gasteiger partial charge is 0.445 e. The average Bonchev–Trinajstić information content (AvgIpc) is 2.75. The first-order valence-electron chi connectivity index (χ1n) is 11.8. The third kappa shape index (κ3) is 10.1. The molecule has 0 bridgehead atoms. The van der Waals surface area contributed by atoms with E-state index < -0.39 is 17.7 Å². The lowest BCUT2D eigenvalue weighted by atomic mass is 9.97. The molecule has 2 rings (SSSR count). The first-order valence-corrected chi connectivity index (χ1v) is 11.8. The average molecular weight is 462 g/mol. The number of nitrogens with zero attached hydrogens (tertiary/aromatic N) is 1. The van der Waals surface area contributed by atoms with E-state index in [0.29, 0.717) is 26.1 Å². The van der Waals surface area contributed by atoms with Crippen LogP contribution in [0.2, 0.25) is 0 Å². The molecule has 3 amide bonds. The number of amides is 3. The molecule has 0 aliphatic carbocycles. The zero-order chi connectivity index (χ0) is 24.4. The highest BCUT2D eigenvalue weighted by molar-refractivity contribution is 5.85. The lowest BCUT2D eigenvalue weighted by molar-refractivity contribution is -0.123. The van der Waals surface area contributed by atoms with Crippen molar-refractivity contribution >= 4 is 18.1 Å². The molecule has 1 aliphatic heterocycles. The highest BCUT2D eigenvalue weighted by atomic mass is 16.6. The maximum Gasteiger partial charge on any atom is 0.410 e. The molecule has 0 aromatic heterocycles. The monoisotopic (exact) mass is 461 g/mol. The fourth-order valence-electron chi connectivity index (χ4n) is 3.70. The Labute approximate surface area is 197 Å². The zero-order valence-electron chi connectivity index (χ0n) is 20.6. The van der Waals surface area contributed by atoms with E-state index in [9.17, 15) is 14.4 Å². The van der Waals surface area contributed by atoms with Crippen molar-refractivity contribution in [2.24, 2.45) is 11.8 Å². The Morgan fingerprint density at radius 1 is 1.15 bits per heavy atom. The second-order valence-electron chi connectivity index (χ2n) is 10.1. The summed E-state index contributed by atoms with van der Waals surface area (Å²) in [7, 11) is 0. The van der Waals surface area contributed by atoms with Gasteiger partial charge in [0.05, 0.1) is 0 Å². The van der Waals surface area contributed by atoms with Crippen molar-refractivity contribution in [2.45, 2.75) is 72.1 Å².